The van der Waals surface area contributed by atoms with E-state index in [1.165, 1.54) is 23.4 Å². The van der Waals surface area contributed by atoms with Crippen molar-refractivity contribution in [1.29, 1.82) is 0 Å². The predicted octanol–water partition coefficient (Wildman–Crippen LogP) is -0.554. The van der Waals surface area contributed by atoms with E-state index < -0.39 is 5.97 Å². The van der Waals surface area contributed by atoms with Crippen LogP contribution in [0, 0.1) is 4.91 Å². The van der Waals surface area contributed by atoms with Crippen molar-refractivity contribution < 1.29 is 15.1 Å². The smallest absolute Gasteiger partial charge is 0.344 e. The van der Waals surface area contributed by atoms with Crippen LogP contribution in [0.15, 0.2) is 18.2 Å². The second-order valence-electron chi connectivity index (χ2n) is 2.18. The fraction of sp³-hybridized carbons (Fsp3) is 0. The van der Waals surface area contributed by atoms with Crippen LogP contribution in [0.1, 0.15) is 10.4 Å². The lowest BCUT2D eigenvalue weighted by molar-refractivity contribution is -0.379. The fourth-order valence-corrected chi connectivity index (χ4v) is 0.894. The minimum Gasteiger partial charge on any atom is -0.477 e. The summed E-state index contributed by atoms with van der Waals surface area (Å²) in [6, 6.07) is 4.28. The molecule has 0 spiro atoms. The summed E-state index contributed by atoms with van der Waals surface area (Å²) >= 11 is 0. The summed E-state index contributed by atoms with van der Waals surface area (Å²) in [6.07, 6.45) is 0. The van der Waals surface area contributed by atoms with Crippen LogP contribution in [-0.2, 0) is 0 Å². The number of benzene rings is 1. The van der Waals surface area contributed by atoms with Crippen molar-refractivity contribution in [3.05, 3.63) is 28.7 Å². The number of carboxylic acids is 1. The zero-order valence-electron chi connectivity index (χ0n) is 6.07. The van der Waals surface area contributed by atoms with Crippen LogP contribution >= 0.6 is 0 Å². The van der Waals surface area contributed by atoms with Gasteiger partial charge in [-0.15, -0.1) is 0 Å². The van der Waals surface area contributed by atoms with E-state index in [0.29, 0.717) is 0 Å². The second kappa shape index (κ2) is 3.00. The number of rotatable bonds is 2. The van der Waals surface area contributed by atoms with Crippen molar-refractivity contribution in [2.45, 2.75) is 0 Å². The molecule has 1 rings (SSSR count). The summed E-state index contributed by atoms with van der Waals surface area (Å²) in [5, 5.41) is 10.1. The topological polar surface area (TPSA) is 94.4 Å². The highest BCUT2D eigenvalue weighted by molar-refractivity contribution is 5.97. The molecule has 0 aliphatic rings. The number of aromatic carboxylic acids is 1. The van der Waals surface area contributed by atoms with Crippen LogP contribution < -0.4 is 10.9 Å². The summed E-state index contributed by atoms with van der Waals surface area (Å²) < 4.78 is 0. The van der Waals surface area contributed by atoms with Gasteiger partial charge in [0.25, 0.3) is 5.69 Å². The maximum atomic E-state index is 10.5. The predicted molar refractivity (Wildman–Crippen MR) is 41.8 cm³/mol. The highest BCUT2D eigenvalue weighted by Gasteiger charge is 2.18. The number of nitrogen functional groups attached to an aromatic ring is 1. The van der Waals surface area contributed by atoms with Gasteiger partial charge in [-0.1, -0.05) is 6.07 Å². The van der Waals surface area contributed by atoms with Crippen LogP contribution in [0.4, 0.5) is 11.4 Å². The van der Waals surface area contributed by atoms with Crippen molar-refractivity contribution >= 4 is 17.3 Å². The SMILES string of the molecule is Nc1cccc([NH+]=O)c1C(=O)O. The minimum absolute atomic E-state index is 0.0255. The first kappa shape index (κ1) is 8.19. The molecule has 1 aromatic rings. The van der Waals surface area contributed by atoms with Gasteiger partial charge in [0.1, 0.15) is 0 Å². The van der Waals surface area contributed by atoms with E-state index in [1.54, 1.807) is 0 Å². The summed E-state index contributed by atoms with van der Waals surface area (Å²) in [7, 11) is 0. The van der Waals surface area contributed by atoms with E-state index in [9.17, 15) is 9.70 Å². The monoisotopic (exact) mass is 167 g/mol. The number of hydrogen-bond acceptors (Lipinski definition) is 3. The molecule has 0 saturated carbocycles. The molecule has 0 aliphatic heterocycles. The van der Waals surface area contributed by atoms with Crippen molar-refractivity contribution in [3.63, 3.8) is 0 Å². The standard InChI is InChI=1S/C7H6N2O3/c8-4-2-1-3-5(9-12)6(4)7(10)11/h1-3H,8H2,(H,10,11)/p+1. The van der Waals surface area contributed by atoms with Gasteiger partial charge in [-0.3, -0.25) is 0 Å². The molecule has 5 nitrogen and oxygen atoms in total. The number of nitroso groups, excluding NO2 is 1. The Kier molecular flexibility index (Phi) is 2.05. The molecule has 0 aromatic heterocycles. The van der Waals surface area contributed by atoms with Crippen LogP contribution in [0.25, 0.3) is 0 Å². The molecular weight excluding hydrogens is 160 g/mol. The Bertz CT molecular complexity index is 335. The van der Waals surface area contributed by atoms with Gasteiger partial charge in [-0.2, -0.15) is 0 Å². The maximum Gasteiger partial charge on any atom is 0.344 e. The summed E-state index contributed by atoms with van der Waals surface area (Å²) in [4.78, 5) is 20.8. The first-order valence-electron chi connectivity index (χ1n) is 3.16. The van der Waals surface area contributed by atoms with Crippen molar-refractivity contribution in [1.82, 2.24) is 0 Å². The first-order chi connectivity index (χ1) is 5.66. The largest absolute Gasteiger partial charge is 0.477 e. The minimum atomic E-state index is -1.22. The number of anilines is 1. The molecule has 0 aliphatic carbocycles. The highest BCUT2D eigenvalue weighted by atomic mass is 16.4. The van der Waals surface area contributed by atoms with E-state index in [2.05, 4.69) is 0 Å². The normalized spacial score (nSPS) is 9.33. The van der Waals surface area contributed by atoms with Gasteiger partial charge in [0.05, 0.1) is 5.69 Å². The Hall–Kier alpha value is -1.91. The molecule has 0 unspecified atom stereocenters. The fourth-order valence-electron chi connectivity index (χ4n) is 0.894. The highest BCUT2D eigenvalue weighted by Crippen LogP contribution is 2.16. The average Bonchev–Trinajstić information content (AvgIpc) is 2.03. The molecule has 0 amide bonds. The molecule has 5 heteroatoms. The summed E-state index contributed by atoms with van der Waals surface area (Å²) in [5.74, 6) is -1.22. The zero-order valence-corrected chi connectivity index (χ0v) is 6.07. The van der Waals surface area contributed by atoms with E-state index in [-0.39, 0.29) is 16.9 Å². The molecule has 1 aromatic carbocycles. The number of nitrogens with two attached hydrogens (primary N) is 1. The molecular formula is C7H7N2O3+. The third-order valence-electron chi connectivity index (χ3n) is 1.42. The molecule has 4 N–H and O–H groups in total. The van der Waals surface area contributed by atoms with Gasteiger partial charge in [-0.25, -0.2) is 4.79 Å². The van der Waals surface area contributed by atoms with Gasteiger partial charge in [0.15, 0.2) is 5.56 Å². The number of carboxylic acid groups (broad SMARTS) is 1. The van der Waals surface area contributed by atoms with Gasteiger partial charge in [-0.05, 0) is 6.07 Å². The summed E-state index contributed by atoms with van der Waals surface area (Å²) in [6.45, 7) is 0. The van der Waals surface area contributed by atoms with E-state index in [4.69, 9.17) is 10.8 Å². The van der Waals surface area contributed by atoms with Gasteiger partial charge >= 0.3 is 5.97 Å². The van der Waals surface area contributed by atoms with Crippen molar-refractivity contribution in [3.8, 4) is 0 Å². The first-order valence-corrected chi connectivity index (χ1v) is 3.16. The quantitative estimate of drug-likeness (QED) is 0.515. The number of carbonyl (C=O) groups is 1. The van der Waals surface area contributed by atoms with Crippen LogP contribution in [0.5, 0.6) is 0 Å². The Morgan fingerprint density at radius 2 is 2.17 bits per heavy atom. The van der Waals surface area contributed by atoms with Crippen molar-refractivity contribution in [2.75, 3.05) is 5.73 Å². The Labute approximate surface area is 67.8 Å². The van der Waals surface area contributed by atoms with Crippen molar-refractivity contribution in [2.24, 2.45) is 0 Å². The molecule has 0 radical (unpaired) electrons. The lowest BCUT2D eigenvalue weighted by Gasteiger charge is -1.96. The lowest BCUT2D eigenvalue weighted by Crippen LogP contribution is -2.56. The molecule has 62 valence electrons. The second-order valence-corrected chi connectivity index (χ2v) is 2.18. The molecule has 0 fully saturated rings. The molecule has 0 atom stereocenters. The molecule has 12 heavy (non-hydrogen) atoms. The zero-order chi connectivity index (χ0) is 9.14. The average molecular weight is 167 g/mol. The molecule has 0 bridgehead atoms. The third-order valence-corrected chi connectivity index (χ3v) is 1.42. The van der Waals surface area contributed by atoms with Gasteiger partial charge in [0.2, 0.25) is 0 Å². The number of nitrogens with one attached hydrogen (secondary N) is 1. The Morgan fingerprint density at radius 3 is 2.58 bits per heavy atom. The Morgan fingerprint density at radius 1 is 1.50 bits per heavy atom. The molecule has 0 saturated heterocycles. The summed E-state index contributed by atoms with van der Waals surface area (Å²) in [5.41, 5.74) is 5.20. The van der Waals surface area contributed by atoms with Crippen LogP contribution in [-0.4, -0.2) is 11.1 Å². The Balaban J connectivity index is 3.39. The van der Waals surface area contributed by atoms with E-state index >= 15 is 0 Å². The van der Waals surface area contributed by atoms with Crippen LogP contribution in [0.2, 0.25) is 0 Å². The van der Waals surface area contributed by atoms with Gasteiger partial charge < -0.3 is 10.8 Å². The van der Waals surface area contributed by atoms with E-state index in [1.807, 2.05) is 0 Å². The third kappa shape index (κ3) is 1.24. The maximum absolute atomic E-state index is 10.5. The number of hydrogen-bond donors (Lipinski definition) is 3. The van der Waals surface area contributed by atoms with E-state index in [0.717, 1.165) is 0 Å². The lowest BCUT2D eigenvalue weighted by atomic mass is 10.1. The molecule has 0 heterocycles. The van der Waals surface area contributed by atoms with Gasteiger partial charge in [0, 0.05) is 16.2 Å². The van der Waals surface area contributed by atoms with Crippen LogP contribution in [0.3, 0.4) is 0 Å².